The molecule has 0 aromatic heterocycles. The summed E-state index contributed by atoms with van der Waals surface area (Å²) in [6.45, 7) is 10.0. The summed E-state index contributed by atoms with van der Waals surface area (Å²) in [5, 5.41) is 7.62. The van der Waals surface area contributed by atoms with Crippen LogP contribution in [-0.4, -0.2) is 32.5 Å². The van der Waals surface area contributed by atoms with Crippen molar-refractivity contribution in [2.45, 2.75) is 27.0 Å². The number of hydrogen-bond acceptors (Lipinski definition) is 2. The van der Waals surface area contributed by atoms with E-state index in [1.165, 1.54) is 0 Å². The van der Waals surface area contributed by atoms with Crippen molar-refractivity contribution in [2.75, 3.05) is 26.2 Å². The fourth-order valence-electron chi connectivity index (χ4n) is 1.06. The van der Waals surface area contributed by atoms with Gasteiger partial charge in [0.1, 0.15) is 6.23 Å². The lowest BCUT2D eigenvalue weighted by Crippen LogP contribution is -2.46. The van der Waals surface area contributed by atoms with Crippen molar-refractivity contribution in [3.63, 3.8) is 0 Å². The summed E-state index contributed by atoms with van der Waals surface area (Å²) in [7, 11) is 0. The minimum atomic E-state index is 0.151. The van der Waals surface area contributed by atoms with Gasteiger partial charge in [-0.15, -0.1) is 0 Å². The molecule has 3 nitrogen and oxygen atoms in total. The average Bonchev–Trinajstić information content (AvgIpc) is 2.02. The molecule has 1 aliphatic rings. The van der Waals surface area contributed by atoms with E-state index in [0.29, 0.717) is 5.41 Å². The Bertz CT molecular complexity index is 125. The second kappa shape index (κ2) is 4.21. The van der Waals surface area contributed by atoms with Crippen LogP contribution in [0.3, 0.4) is 0 Å². The lowest BCUT2D eigenvalue weighted by Gasteiger charge is -2.27. The summed E-state index contributed by atoms with van der Waals surface area (Å²) < 4.78 is 5.47. The summed E-state index contributed by atoms with van der Waals surface area (Å²) in [4.78, 5) is 0. The first-order valence-electron chi connectivity index (χ1n) is 4.56. The van der Waals surface area contributed by atoms with Gasteiger partial charge in [0, 0.05) is 13.1 Å². The number of morpholine rings is 1. The van der Waals surface area contributed by atoms with Gasteiger partial charge >= 0.3 is 0 Å². The van der Waals surface area contributed by atoms with Gasteiger partial charge in [0.05, 0.1) is 13.2 Å². The van der Waals surface area contributed by atoms with Crippen LogP contribution in [0.2, 0.25) is 0 Å². The number of rotatable bonds is 2. The minimum Gasteiger partial charge on any atom is -0.361 e. The molecule has 0 bridgehead atoms. The molecule has 1 aliphatic heterocycles. The molecule has 0 spiro atoms. The zero-order valence-corrected chi connectivity index (χ0v) is 8.26. The molecule has 1 saturated heterocycles. The second-order valence-electron chi connectivity index (χ2n) is 4.43. The van der Waals surface area contributed by atoms with Crippen LogP contribution >= 0.6 is 0 Å². The average molecular weight is 171 g/mol. The molecule has 3 heteroatoms. The lowest BCUT2D eigenvalue weighted by atomic mass is 9.97. The van der Waals surface area contributed by atoms with E-state index >= 15 is 0 Å². The van der Waals surface area contributed by atoms with Gasteiger partial charge in [0.2, 0.25) is 0 Å². The molecule has 1 fully saturated rings. The van der Waals surface area contributed by atoms with Crippen LogP contribution < -0.4 is 10.6 Å². The Labute approximate surface area is 74.9 Å². The predicted octanol–water partition coefficient (Wildman–Crippen LogP) is 0.583. The summed E-state index contributed by atoms with van der Waals surface area (Å²) in [5.41, 5.74) is 0.320. The van der Waals surface area contributed by atoms with Crippen molar-refractivity contribution in [2.24, 2.45) is 5.41 Å². The van der Waals surface area contributed by atoms with Crippen molar-refractivity contribution in [1.29, 1.82) is 0 Å². The van der Waals surface area contributed by atoms with E-state index in [0.717, 1.165) is 26.2 Å². The van der Waals surface area contributed by atoms with Crippen LogP contribution in [0.15, 0.2) is 0 Å². The zero-order valence-electron chi connectivity index (χ0n) is 8.26. The third-order valence-corrected chi connectivity index (χ3v) is 1.72. The third-order valence-electron chi connectivity index (χ3n) is 1.72. The Balaban J connectivity index is 2.13. The predicted molar refractivity (Wildman–Crippen MR) is 49.1 cm³/mol. The van der Waals surface area contributed by atoms with E-state index in [9.17, 15) is 0 Å². The van der Waals surface area contributed by atoms with Gasteiger partial charge in [0.15, 0.2) is 0 Å². The zero-order chi connectivity index (χ0) is 9.03. The fraction of sp³-hybridized carbons (Fsp3) is 1.00. The van der Waals surface area contributed by atoms with Crippen molar-refractivity contribution >= 4 is 0 Å². The van der Waals surface area contributed by atoms with E-state index < -0.39 is 0 Å². The fourth-order valence-corrected chi connectivity index (χ4v) is 1.06. The van der Waals surface area contributed by atoms with Crippen molar-refractivity contribution < 1.29 is 4.74 Å². The molecule has 0 aromatic rings. The maximum atomic E-state index is 5.47. The molecule has 0 amide bonds. The highest BCUT2D eigenvalue weighted by Crippen LogP contribution is 2.11. The summed E-state index contributed by atoms with van der Waals surface area (Å²) in [6, 6.07) is 0. The molecular formula is C9H19N2O. The van der Waals surface area contributed by atoms with Gasteiger partial charge in [-0.1, -0.05) is 20.8 Å². The largest absolute Gasteiger partial charge is 0.361 e. The Kier molecular flexibility index (Phi) is 3.50. The van der Waals surface area contributed by atoms with Gasteiger partial charge in [-0.2, -0.15) is 0 Å². The van der Waals surface area contributed by atoms with Crippen molar-refractivity contribution in [3.8, 4) is 0 Å². The lowest BCUT2D eigenvalue weighted by molar-refractivity contribution is 0.000787. The first-order valence-corrected chi connectivity index (χ1v) is 4.56. The third kappa shape index (κ3) is 4.04. The van der Waals surface area contributed by atoms with Gasteiger partial charge in [-0.05, 0) is 5.41 Å². The number of ether oxygens (including phenoxy) is 1. The minimum absolute atomic E-state index is 0.151. The van der Waals surface area contributed by atoms with E-state index in [1.807, 2.05) is 0 Å². The van der Waals surface area contributed by atoms with E-state index in [1.54, 1.807) is 0 Å². The van der Waals surface area contributed by atoms with E-state index in [4.69, 9.17) is 4.74 Å². The molecule has 71 valence electrons. The molecule has 1 rings (SSSR count). The van der Waals surface area contributed by atoms with Gasteiger partial charge in [-0.3, -0.25) is 5.32 Å². The molecule has 12 heavy (non-hydrogen) atoms. The van der Waals surface area contributed by atoms with Gasteiger partial charge in [0.25, 0.3) is 0 Å². The highest BCUT2D eigenvalue weighted by atomic mass is 16.5. The summed E-state index contributed by atoms with van der Waals surface area (Å²) in [5.74, 6) is 0. The Morgan fingerprint density at radius 2 is 2.25 bits per heavy atom. The second-order valence-corrected chi connectivity index (χ2v) is 4.43. The number of nitrogens with zero attached hydrogens (tertiary/aromatic N) is 1. The van der Waals surface area contributed by atoms with Gasteiger partial charge < -0.3 is 4.74 Å². The highest BCUT2D eigenvalue weighted by molar-refractivity contribution is 4.70. The van der Waals surface area contributed by atoms with Crippen LogP contribution in [0.4, 0.5) is 0 Å². The van der Waals surface area contributed by atoms with Crippen LogP contribution in [0.1, 0.15) is 20.8 Å². The van der Waals surface area contributed by atoms with Crippen LogP contribution in [-0.2, 0) is 4.74 Å². The monoisotopic (exact) mass is 171 g/mol. The topological polar surface area (TPSA) is 35.4 Å². The molecule has 0 aliphatic carbocycles. The smallest absolute Gasteiger partial charge is 0.122 e. The van der Waals surface area contributed by atoms with Crippen LogP contribution in [0, 0.1) is 5.41 Å². The maximum absolute atomic E-state index is 5.47. The molecular weight excluding hydrogens is 152 g/mol. The van der Waals surface area contributed by atoms with E-state index in [2.05, 4.69) is 31.4 Å². The highest BCUT2D eigenvalue weighted by Gasteiger charge is 2.16. The number of nitrogens with one attached hydrogen (secondary N) is 1. The molecule has 1 atom stereocenters. The molecule has 1 N–H and O–H groups in total. The Hall–Kier alpha value is -0.120. The molecule has 1 radical (unpaired) electrons. The standard InChI is InChI=1S/C9H19N2O/c1-9(2,3)7-11-8-6-10-4-5-12-8/h8,11H,4-7H2,1-3H3. The first kappa shape index (κ1) is 9.96. The molecule has 0 aromatic carbocycles. The van der Waals surface area contributed by atoms with E-state index in [-0.39, 0.29) is 6.23 Å². The molecule has 1 heterocycles. The maximum Gasteiger partial charge on any atom is 0.122 e. The molecule has 1 unspecified atom stereocenters. The SMILES string of the molecule is CC(C)(C)CNC1C[N]CCO1. The van der Waals surface area contributed by atoms with Crippen LogP contribution in [0.25, 0.3) is 0 Å². The Morgan fingerprint density at radius 1 is 1.50 bits per heavy atom. The first-order chi connectivity index (χ1) is 5.58. The summed E-state index contributed by atoms with van der Waals surface area (Å²) >= 11 is 0. The van der Waals surface area contributed by atoms with Crippen molar-refractivity contribution in [3.05, 3.63) is 0 Å². The van der Waals surface area contributed by atoms with Crippen LogP contribution in [0.5, 0.6) is 0 Å². The normalized spacial score (nSPS) is 25.8. The van der Waals surface area contributed by atoms with Gasteiger partial charge in [-0.25, -0.2) is 5.32 Å². The number of hydrogen-bond donors (Lipinski definition) is 1. The summed E-state index contributed by atoms with van der Waals surface area (Å²) in [6.07, 6.45) is 0.151. The Morgan fingerprint density at radius 3 is 2.75 bits per heavy atom. The van der Waals surface area contributed by atoms with Crippen molar-refractivity contribution in [1.82, 2.24) is 10.6 Å². The molecule has 0 saturated carbocycles. The quantitative estimate of drug-likeness (QED) is 0.659.